The second-order valence-electron chi connectivity index (χ2n) is 12.2. The Kier molecular flexibility index (Phi) is 12.1. The number of sulfonamides is 1. The van der Waals surface area contributed by atoms with Crippen molar-refractivity contribution in [3.63, 3.8) is 0 Å². The second kappa shape index (κ2) is 15.6. The van der Waals surface area contributed by atoms with Crippen LogP contribution in [-0.2, 0) is 32.6 Å². The van der Waals surface area contributed by atoms with E-state index in [0.717, 1.165) is 20.3 Å². The van der Waals surface area contributed by atoms with Crippen molar-refractivity contribution in [2.45, 2.75) is 62.0 Å². The summed E-state index contributed by atoms with van der Waals surface area (Å²) in [5, 5.41) is 3.68. The van der Waals surface area contributed by atoms with Gasteiger partial charge in [0.1, 0.15) is 12.6 Å². The van der Waals surface area contributed by atoms with Crippen molar-refractivity contribution in [2.75, 3.05) is 17.1 Å². The van der Waals surface area contributed by atoms with Crippen LogP contribution in [-0.4, -0.2) is 49.5 Å². The molecule has 0 aromatic heterocycles. The molecule has 0 spiro atoms. The van der Waals surface area contributed by atoms with Crippen LogP contribution in [0.5, 0.6) is 0 Å². The van der Waals surface area contributed by atoms with E-state index in [1.165, 1.54) is 28.8 Å². The van der Waals surface area contributed by atoms with Gasteiger partial charge in [-0.1, -0.05) is 77.3 Å². The first kappa shape index (κ1) is 36.3. The lowest BCUT2D eigenvalue weighted by molar-refractivity contribution is -0.140. The van der Waals surface area contributed by atoms with Crippen LogP contribution < -0.4 is 9.62 Å². The minimum atomic E-state index is -4.20. The fraction of sp³-hybridized carbons (Fsp3) is 0.278. The van der Waals surface area contributed by atoms with Gasteiger partial charge >= 0.3 is 0 Å². The van der Waals surface area contributed by atoms with Crippen molar-refractivity contribution in [2.24, 2.45) is 0 Å². The van der Waals surface area contributed by atoms with Gasteiger partial charge in [0.25, 0.3) is 10.0 Å². The number of carbonyl (C=O) groups is 2. The number of aryl methyl sites for hydroxylation is 1. The number of halogens is 2. The monoisotopic (exact) mass is 711 g/mol. The Morgan fingerprint density at radius 3 is 2.06 bits per heavy atom. The molecule has 47 heavy (non-hydrogen) atoms. The molecule has 248 valence electrons. The van der Waals surface area contributed by atoms with E-state index < -0.39 is 34.1 Å². The van der Waals surface area contributed by atoms with Crippen molar-refractivity contribution in [1.29, 1.82) is 0 Å². The standard InChI is InChI=1S/C36H39Cl2N3O4S2/c1-25-11-14-28(15-12-25)41(47(44,45)30-18-16-29(46-5)17-19-30)24-34(42)40(23-27-13-20-31(37)32(38)21-27)33(35(43)39-36(2,3)4)22-26-9-7-6-8-10-26/h6-21,33H,22-24H2,1-5H3,(H,39,43)/t33-/m0/s1. The summed E-state index contributed by atoms with van der Waals surface area (Å²) in [6, 6.07) is 26.9. The average molecular weight is 713 g/mol. The van der Waals surface area contributed by atoms with E-state index in [1.54, 1.807) is 54.6 Å². The molecule has 11 heteroatoms. The number of hydrogen-bond donors (Lipinski definition) is 1. The minimum absolute atomic E-state index is 0.0189. The molecule has 0 bridgehead atoms. The molecule has 0 heterocycles. The summed E-state index contributed by atoms with van der Waals surface area (Å²) < 4.78 is 29.6. The molecule has 4 rings (SSSR count). The lowest BCUT2D eigenvalue weighted by Gasteiger charge is -2.35. The number of benzene rings is 4. The summed E-state index contributed by atoms with van der Waals surface area (Å²) in [4.78, 5) is 31.0. The van der Waals surface area contributed by atoms with E-state index in [0.29, 0.717) is 21.3 Å². The molecule has 4 aromatic rings. The number of rotatable bonds is 12. The topological polar surface area (TPSA) is 86.8 Å². The van der Waals surface area contributed by atoms with Gasteiger partial charge in [0, 0.05) is 23.4 Å². The Balaban J connectivity index is 1.83. The highest BCUT2D eigenvalue weighted by molar-refractivity contribution is 7.98. The fourth-order valence-electron chi connectivity index (χ4n) is 4.96. The van der Waals surface area contributed by atoms with Crippen molar-refractivity contribution in [3.05, 3.63) is 124 Å². The molecular formula is C36H39Cl2N3O4S2. The van der Waals surface area contributed by atoms with Gasteiger partial charge < -0.3 is 10.2 Å². The molecule has 0 saturated carbocycles. The van der Waals surface area contributed by atoms with E-state index in [9.17, 15) is 18.0 Å². The Labute approximate surface area is 292 Å². The van der Waals surface area contributed by atoms with Crippen LogP contribution in [0.25, 0.3) is 0 Å². The third-order valence-corrected chi connectivity index (χ3v) is 10.6. The Morgan fingerprint density at radius 1 is 0.851 bits per heavy atom. The quantitative estimate of drug-likeness (QED) is 0.152. The van der Waals surface area contributed by atoms with E-state index >= 15 is 0 Å². The second-order valence-corrected chi connectivity index (χ2v) is 15.8. The number of hydrogen-bond acceptors (Lipinski definition) is 5. The van der Waals surface area contributed by atoms with Gasteiger partial charge in [-0.25, -0.2) is 8.42 Å². The molecule has 0 saturated heterocycles. The van der Waals surface area contributed by atoms with Crippen LogP contribution in [0, 0.1) is 6.92 Å². The summed E-state index contributed by atoms with van der Waals surface area (Å²) in [5.41, 5.74) is 2.14. The number of nitrogens with zero attached hydrogens (tertiary/aromatic N) is 2. The third-order valence-electron chi connectivity index (χ3n) is 7.35. The van der Waals surface area contributed by atoms with Crippen molar-refractivity contribution in [3.8, 4) is 0 Å². The Hall–Kier alpha value is -3.50. The van der Waals surface area contributed by atoms with Crippen LogP contribution >= 0.6 is 35.0 Å². The Morgan fingerprint density at radius 2 is 1.49 bits per heavy atom. The highest BCUT2D eigenvalue weighted by atomic mass is 35.5. The van der Waals surface area contributed by atoms with Crippen LogP contribution in [0.2, 0.25) is 10.0 Å². The molecule has 4 aromatic carbocycles. The first-order chi connectivity index (χ1) is 22.2. The summed E-state index contributed by atoms with van der Waals surface area (Å²) >= 11 is 14.1. The zero-order valence-corrected chi connectivity index (χ0v) is 30.2. The predicted octanol–water partition coefficient (Wildman–Crippen LogP) is 7.77. The maximum atomic E-state index is 14.6. The molecule has 0 aliphatic heterocycles. The largest absolute Gasteiger partial charge is 0.350 e. The molecule has 1 atom stereocenters. The predicted molar refractivity (Wildman–Crippen MR) is 193 cm³/mol. The number of amides is 2. The van der Waals surface area contributed by atoms with Crippen LogP contribution in [0.3, 0.4) is 0 Å². The maximum absolute atomic E-state index is 14.6. The highest BCUT2D eigenvalue weighted by Crippen LogP contribution is 2.28. The number of anilines is 1. The van der Waals surface area contributed by atoms with Gasteiger partial charge in [-0.05, 0) is 93.6 Å². The minimum Gasteiger partial charge on any atom is -0.350 e. The smallest absolute Gasteiger partial charge is 0.264 e. The van der Waals surface area contributed by atoms with Crippen LogP contribution in [0.4, 0.5) is 5.69 Å². The molecule has 2 amide bonds. The number of thioether (sulfide) groups is 1. The van der Waals surface area contributed by atoms with Gasteiger partial charge in [-0.2, -0.15) is 0 Å². The zero-order valence-electron chi connectivity index (χ0n) is 27.0. The molecule has 7 nitrogen and oxygen atoms in total. The first-order valence-electron chi connectivity index (χ1n) is 15.0. The normalized spacial score (nSPS) is 12.3. The van der Waals surface area contributed by atoms with Crippen molar-refractivity contribution in [1.82, 2.24) is 10.2 Å². The van der Waals surface area contributed by atoms with Gasteiger partial charge in [0.15, 0.2) is 0 Å². The summed E-state index contributed by atoms with van der Waals surface area (Å²) in [6.07, 6.45) is 2.11. The molecule has 0 aliphatic carbocycles. The lowest BCUT2D eigenvalue weighted by Crippen LogP contribution is -2.56. The number of carbonyl (C=O) groups excluding carboxylic acids is 2. The average Bonchev–Trinajstić information content (AvgIpc) is 3.03. The maximum Gasteiger partial charge on any atom is 0.264 e. The van der Waals surface area contributed by atoms with Gasteiger partial charge in [-0.3, -0.25) is 13.9 Å². The SMILES string of the molecule is CSc1ccc(S(=O)(=O)N(CC(=O)N(Cc2ccc(Cl)c(Cl)c2)[C@@H](Cc2ccccc2)C(=O)NC(C)(C)C)c2ccc(C)cc2)cc1. The first-order valence-corrected chi connectivity index (χ1v) is 18.4. The molecule has 0 fully saturated rings. The lowest BCUT2D eigenvalue weighted by atomic mass is 10.0. The summed E-state index contributed by atoms with van der Waals surface area (Å²) in [6.45, 7) is 6.92. The van der Waals surface area contributed by atoms with E-state index in [4.69, 9.17) is 23.2 Å². The van der Waals surface area contributed by atoms with Crippen LogP contribution in [0.1, 0.15) is 37.5 Å². The molecule has 1 N–H and O–H groups in total. The van der Waals surface area contributed by atoms with E-state index in [1.807, 2.05) is 64.3 Å². The van der Waals surface area contributed by atoms with Crippen LogP contribution in [0.15, 0.2) is 107 Å². The van der Waals surface area contributed by atoms with Crippen molar-refractivity contribution >= 4 is 62.5 Å². The van der Waals surface area contributed by atoms with Gasteiger partial charge in [0.2, 0.25) is 11.8 Å². The summed E-state index contributed by atoms with van der Waals surface area (Å²) in [7, 11) is -4.20. The molecule has 0 aliphatic rings. The highest BCUT2D eigenvalue weighted by Gasteiger charge is 2.35. The molecule has 0 unspecified atom stereocenters. The molecule has 0 radical (unpaired) electrons. The summed E-state index contributed by atoms with van der Waals surface area (Å²) in [5.74, 6) is -0.932. The van der Waals surface area contributed by atoms with E-state index in [2.05, 4.69) is 5.32 Å². The van der Waals surface area contributed by atoms with Crippen molar-refractivity contribution < 1.29 is 18.0 Å². The Bertz CT molecular complexity index is 1800. The zero-order chi connectivity index (χ0) is 34.4. The van der Waals surface area contributed by atoms with E-state index in [-0.39, 0.29) is 23.8 Å². The third kappa shape index (κ3) is 9.76. The fourth-order valence-corrected chi connectivity index (χ4v) is 7.10. The molecular weight excluding hydrogens is 673 g/mol. The van der Waals surface area contributed by atoms with Gasteiger partial charge in [0.05, 0.1) is 20.6 Å². The number of nitrogens with one attached hydrogen (secondary N) is 1. The van der Waals surface area contributed by atoms with Gasteiger partial charge in [-0.15, -0.1) is 11.8 Å².